The molecule has 19 heteroatoms. The fraction of sp³-hybridized carbons (Fsp3) is 0.548. The van der Waals surface area contributed by atoms with Crippen LogP contribution in [0, 0.1) is 5.92 Å². The number of anilines is 2. The molecule has 2 N–H and O–H groups in total. The van der Waals surface area contributed by atoms with E-state index in [9.17, 15) is 28.0 Å². The largest absolute Gasteiger partial charge is 0.376 e. The molecule has 1 unspecified atom stereocenters. The summed E-state index contributed by atoms with van der Waals surface area (Å²) < 4.78 is 46.8. The fourth-order valence-corrected chi connectivity index (χ4v) is 10.2. The number of para-hydroxylation sites is 1. The summed E-state index contributed by atoms with van der Waals surface area (Å²) in [6.07, 6.45) is 8.25. The first kappa shape index (κ1) is 39.6. The van der Waals surface area contributed by atoms with E-state index < -0.39 is 30.0 Å². The average Bonchev–Trinajstić information content (AvgIpc) is 4.11. The Labute approximate surface area is 348 Å². The molecule has 1 saturated carbocycles. The van der Waals surface area contributed by atoms with Crippen LogP contribution in [-0.4, -0.2) is 114 Å². The van der Waals surface area contributed by atoms with E-state index in [2.05, 4.69) is 30.6 Å². The van der Waals surface area contributed by atoms with Crippen molar-refractivity contribution in [1.82, 2.24) is 43.7 Å². The van der Waals surface area contributed by atoms with Crippen LogP contribution in [0.15, 0.2) is 47.7 Å². The van der Waals surface area contributed by atoms with Crippen LogP contribution in [0.5, 0.6) is 0 Å². The summed E-state index contributed by atoms with van der Waals surface area (Å²) in [6, 6.07) is 7.07. The fourth-order valence-electron chi connectivity index (χ4n) is 10.2. The minimum Gasteiger partial charge on any atom is -0.376 e. The van der Waals surface area contributed by atoms with Gasteiger partial charge in [-0.1, -0.05) is 12.1 Å². The van der Waals surface area contributed by atoms with Crippen molar-refractivity contribution in [1.29, 1.82) is 0 Å². The quantitative estimate of drug-likeness (QED) is 0.185. The van der Waals surface area contributed by atoms with Gasteiger partial charge in [-0.3, -0.25) is 38.4 Å². The molecule has 1 aliphatic carbocycles. The molecule has 0 spiro atoms. The number of halogens is 2. The van der Waals surface area contributed by atoms with Gasteiger partial charge >= 0.3 is 5.69 Å². The summed E-state index contributed by atoms with van der Waals surface area (Å²) in [4.78, 5) is 60.8. The number of alkyl halides is 2. The zero-order valence-electron chi connectivity index (χ0n) is 33.9. The molecule has 61 heavy (non-hydrogen) atoms. The molecule has 4 aromatic heterocycles. The molecule has 4 atom stereocenters. The van der Waals surface area contributed by atoms with Crippen molar-refractivity contribution >= 4 is 45.9 Å². The van der Waals surface area contributed by atoms with Crippen LogP contribution in [0.2, 0.25) is 0 Å². The smallest absolute Gasteiger partial charge is 0.329 e. The SMILES string of the molecule is Cn1c(=O)n(C2CCC(=O)NC2=O)c2cccc(CC[C@@H]3CN(C[C@H]4CC[C@H](n5cc(NC(=O)c6cnn7ccc(N8C[C@H]9C[C@@H]8CO9)nc67)c(C(F)F)n5)CC4)CCO3)c21. The van der Waals surface area contributed by atoms with Crippen molar-refractivity contribution in [2.75, 3.05) is 49.6 Å². The monoisotopic (exact) mass is 841 g/mol. The molecule has 1 aromatic carbocycles. The molecular weight excluding hydrogens is 793 g/mol. The minimum absolute atomic E-state index is 0.00825. The Morgan fingerprint density at radius 3 is 2.67 bits per heavy atom. The first-order chi connectivity index (χ1) is 29.6. The number of amides is 3. The zero-order chi connectivity index (χ0) is 41.9. The second kappa shape index (κ2) is 16.1. The number of ether oxygens (including phenoxy) is 2. The number of imidazole rings is 1. The van der Waals surface area contributed by atoms with Gasteiger partial charge in [0.2, 0.25) is 11.8 Å². The maximum Gasteiger partial charge on any atom is 0.329 e. The molecule has 8 heterocycles. The van der Waals surface area contributed by atoms with E-state index in [1.807, 2.05) is 24.3 Å². The molecular formula is C42H49F2N11O6. The average molecular weight is 842 g/mol. The third-order valence-corrected chi connectivity index (χ3v) is 13.4. The molecule has 4 aliphatic heterocycles. The van der Waals surface area contributed by atoms with Crippen LogP contribution in [0.3, 0.4) is 0 Å². The molecule has 322 valence electrons. The third kappa shape index (κ3) is 7.49. The van der Waals surface area contributed by atoms with Crippen molar-refractivity contribution in [3.05, 3.63) is 70.2 Å². The summed E-state index contributed by atoms with van der Waals surface area (Å²) in [6.45, 7) is 4.51. The third-order valence-electron chi connectivity index (χ3n) is 13.4. The lowest BCUT2D eigenvalue weighted by atomic mass is 9.85. The summed E-state index contributed by atoms with van der Waals surface area (Å²) in [5.41, 5.74) is 2.24. The van der Waals surface area contributed by atoms with E-state index in [-0.39, 0.29) is 60.0 Å². The number of aryl methyl sites for hydroxylation is 2. The van der Waals surface area contributed by atoms with Gasteiger partial charge in [0.05, 0.1) is 60.4 Å². The van der Waals surface area contributed by atoms with E-state index in [0.717, 1.165) is 81.6 Å². The summed E-state index contributed by atoms with van der Waals surface area (Å²) in [5.74, 6) is -0.191. The summed E-state index contributed by atoms with van der Waals surface area (Å²) >= 11 is 0. The van der Waals surface area contributed by atoms with Crippen LogP contribution in [-0.2, 0) is 32.5 Å². The predicted octanol–water partition coefficient (Wildman–Crippen LogP) is 3.79. The zero-order valence-corrected chi connectivity index (χ0v) is 33.9. The molecule has 5 aliphatic rings. The van der Waals surface area contributed by atoms with Crippen LogP contribution < -0.4 is 21.2 Å². The number of carbonyl (C=O) groups excluding carboxylic acids is 3. The minimum atomic E-state index is -2.87. The molecule has 10 rings (SSSR count). The van der Waals surface area contributed by atoms with Crippen molar-refractivity contribution in [3.8, 4) is 0 Å². The number of morpholine rings is 2. The van der Waals surface area contributed by atoms with Gasteiger partial charge in [0.25, 0.3) is 12.3 Å². The second-order valence-corrected chi connectivity index (χ2v) is 17.2. The number of nitrogens with zero attached hydrogens (tertiary/aromatic N) is 9. The Morgan fingerprint density at radius 2 is 1.90 bits per heavy atom. The van der Waals surface area contributed by atoms with Gasteiger partial charge in [-0.15, -0.1) is 0 Å². The highest BCUT2D eigenvalue weighted by Gasteiger charge is 2.40. The topological polar surface area (TPSA) is 175 Å². The van der Waals surface area contributed by atoms with E-state index >= 15 is 0 Å². The Morgan fingerprint density at radius 1 is 1.05 bits per heavy atom. The van der Waals surface area contributed by atoms with E-state index in [1.54, 1.807) is 22.5 Å². The lowest BCUT2D eigenvalue weighted by molar-refractivity contribution is -0.135. The van der Waals surface area contributed by atoms with Gasteiger partial charge in [0.15, 0.2) is 11.3 Å². The maximum atomic E-state index is 14.3. The molecule has 4 saturated heterocycles. The van der Waals surface area contributed by atoms with E-state index in [4.69, 9.17) is 14.5 Å². The van der Waals surface area contributed by atoms with Gasteiger partial charge in [-0.25, -0.2) is 23.1 Å². The lowest BCUT2D eigenvalue weighted by Gasteiger charge is -2.37. The lowest BCUT2D eigenvalue weighted by Crippen LogP contribution is -2.45. The molecule has 0 radical (unpaired) electrons. The number of fused-ring (bicyclic) bond motifs is 4. The molecule has 17 nitrogen and oxygen atoms in total. The van der Waals surface area contributed by atoms with Crippen molar-refractivity contribution < 1.29 is 32.6 Å². The van der Waals surface area contributed by atoms with Crippen molar-refractivity contribution in [2.24, 2.45) is 13.0 Å². The highest BCUT2D eigenvalue weighted by molar-refractivity contribution is 6.08. The number of nitrogens with one attached hydrogen (secondary N) is 2. The van der Waals surface area contributed by atoms with Gasteiger partial charge in [-0.2, -0.15) is 10.2 Å². The van der Waals surface area contributed by atoms with E-state index in [0.29, 0.717) is 36.7 Å². The number of benzene rings is 1. The predicted molar refractivity (Wildman–Crippen MR) is 218 cm³/mol. The van der Waals surface area contributed by atoms with Crippen LogP contribution in [0.25, 0.3) is 16.7 Å². The van der Waals surface area contributed by atoms with Gasteiger partial charge in [-0.05, 0) is 75.0 Å². The Hall–Kier alpha value is -5.53. The van der Waals surface area contributed by atoms with E-state index in [1.165, 1.54) is 21.5 Å². The number of hydrogen-bond donors (Lipinski definition) is 2. The molecule has 5 fully saturated rings. The Balaban J connectivity index is 0.745. The maximum absolute atomic E-state index is 14.3. The summed E-state index contributed by atoms with van der Waals surface area (Å²) in [7, 11) is 1.72. The van der Waals surface area contributed by atoms with Gasteiger partial charge in [0, 0.05) is 52.0 Å². The molecule has 5 aromatic rings. The van der Waals surface area contributed by atoms with Crippen molar-refractivity contribution in [2.45, 2.75) is 94.5 Å². The number of carbonyl (C=O) groups is 3. The van der Waals surface area contributed by atoms with Crippen LogP contribution in [0.4, 0.5) is 20.3 Å². The number of hydrogen-bond acceptors (Lipinski definition) is 11. The van der Waals surface area contributed by atoms with Crippen molar-refractivity contribution in [3.63, 3.8) is 0 Å². The first-order valence-corrected chi connectivity index (χ1v) is 21.4. The Bertz CT molecular complexity index is 2560. The second-order valence-electron chi connectivity index (χ2n) is 17.2. The van der Waals surface area contributed by atoms with Crippen LogP contribution in [0.1, 0.15) is 91.5 Å². The highest BCUT2D eigenvalue weighted by Crippen LogP contribution is 2.36. The highest BCUT2D eigenvalue weighted by atomic mass is 19.3. The van der Waals surface area contributed by atoms with Crippen LogP contribution >= 0.6 is 0 Å². The summed E-state index contributed by atoms with van der Waals surface area (Å²) in [5, 5.41) is 13.6. The number of aromatic nitrogens is 7. The standard InChI is InChI=1S/C42H49F2N11O6/c1-50-37-25(3-2-4-32(37)55(42(50)59)33-11-12-35(56)48-41(33)58)7-10-28-20-51(15-16-60-28)19-24-5-8-26(9-6-24)54-22-31(36(49-54)38(43)44)46-40(57)30-18-45-53-14-13-34(47-39(30)53)52-21-29-17-27(52)23-61-29/h2-4,13-14,18,22,24,26-29,33,38H,5-12,15-17,19-21,23H2,1H3,(H,46,57)(H,48,56,58)/t24-,26-,27-,28-,29-,33?/m1/s1. The Kier molecular flexibility index (Phi) is 10.4. The van der Waals surface area contributed by atoms with Gasteiger partial charge < -0.3 is 19.7 Å². The first-order valence-electron chi connectivity index (χ1n) is 21.4. The molecule has 2 bridgehead atoms. The van der Waals surface area contributed by atoms with Gasteiger partial charge in [0.1, 0.15) is 17.4 Å². The number of piperidine rings is 1. The molecule has 3 amide bonds. The number of rotatable bonds is 11. The normalized spacial score (nSPS) is 25.9. The number of imide groups is 1.